The van der Waals surface area contributed by atoms with Gasteiger partial charge in [0, 0.05) is 31.8 Å². The van der Waals surface area contributed by atoms with Crippen LogP contribution in [0.4, 0.5) is 4.79 Å². The smallest absolute Gasteiger partial charge is 0.331 e. The van der Waals surface area contributed by atoms with E-state index in [1.54, 1.807) is 42.5 Å². The number of amides is 3. The van der Waals surface area contributed by atoms with Gasteiger partial charge in [0.1, 0.15) is 0 Å². The molecule has 1 fully saturated rings. The highest BCUT2D eigenvalue weighted by Gasteiger charge is 2.26. The third-order valence-corrected chi connectivity index (χ3v) is 7.45. The Morgan fingerprint density at radius 3 is 2.17 bits per heavy atom. The predicted molar refractivity (Wildman–Crippen MR) is 131 cm³/mol. The minimum absolute atomic E-state index is 0.203. The highest BCUT2D eigenvalue weighted by molar-refractivity contribution is 7.89. The Bertz CT molecular complexity index is 1160. The number of carbonyl (C=O) groups is 3. The van der Waals surface area contributed by atoms with Gasteiger partial charge < -0.3 is 10.1 Å². The Kier molecular flexibility index (Phi) is 9.16. The fourth-order valence-electron chi connectivity index (χ4n) is 3.64. The molecule has 0 saturated carbocycles. The zero-order valence-corrected chi connectivity index (χ0v) is 20.3. The topological polar surface area (TPSA) is 122 Å². The molecule has 1 aliphatic rings. The van der Waals surface area contributed by atoms with E-state index in [9.17, 15) is 22.8 Å². The molecule has 2 N–H and O–H groups in total. The molecule has 2 aromatic carbocycles. The van der Waals surface area contributed by atoms with Crippen molar-refractivity contribution < 1.29 is 27.5 Å². The van der Waals surface area contributed by atoms with E-state index in [1.165, 1.54) is 29.6 Å². The maximum atomic E-state index is 12.9. The largest absolute Gasteiger partial charge is 0.444 e. The third kappa shape index (κ3) is 7.24. The van der Waals surface area contributed by atoms with Crippen molar-refractivity contribution in [3.05, 3.63) is 71.8 Å². The molecule has 1 aliphatic heterocycles. The van der Waals surface area contributed by atoms with Gasteiger partial charge in [0.15, 0.2) is 0 Å². The zero-order valence-electron chi connectivity index (χ0n) is 19.5. The maximum absolute atomic E-state index is 12.9. The SMILES string of the molecule is CNC(=O)NC(=O)C(OC(=O)/C=C/c1ccc(S(=O)(=O)N2CCCCCC2)cc1)c1ccccc1. The van der Waals surface area contributed by atoms with Gasteiger partial charge in [-0.1, -0.05) is 55.3 Å². The van der Waals surface area contributed by atoms with Crippen LogP contribution in [0.2, 0.25) is 0 Å². The van der Waals surface area contributed by atoms with Gasteiger partial charge >= 0.3 is 12.0 Å². The number of urea groups is 1. The molecule has 0 spiro atoms. The summed E-state index contributed by atoms with van der Waals surface area (Å²) in [5.41, 5.74) is 0.988. The van der Waals surface area contributed by atoms with E-state index in [0.717, 1.165) is 31.8 Å². The molecule has 1 atom stereocenters. The minimum atomic E-state index is -3.56. The van der Waals surface area contributed by atoms with Crippen molar-refractivity contribution >= 4 is 34.0 Å². The summed E-state index contributed by atoms with van der Waals surface area (Å²) in [7, 11) is -2.20. The van der Waals surface area contributed by atoms with Crippen LogP contribution in [0.25, 0.3) is 6.08 Å². The molecule has 3 amide bonds. The average Bonchev–Trinajstić information content (AvgIpc) is 3.17. The summed E-state index contributed by atoms with van der Waals surface area (Å²) in [6, 6.07) is 13.8. The van der Waals surface area contributed by atoms with Crippen molar-refractivity contribution in [2.24, 2.45) is 0 Å². The second-order valence-electron chi connectivity index (χ2n) is 8.02. The maximum Gasteiger partial charge on any atom is 0.331 e. The molecular weight excluding hydrogens is 470 g/mol. The second-order valence-corrected chi connectivity index (χ2v) is 9.95. The number of hydrogen-bond donors (Lipinski definition) is 2. The number of carbonyl (C=O) groups excluding carboxylic acids is 3. The van der Waals surface area contributed by atoms with Crippen molar-refractivity contribution in [3.8, 4) is 0 Å². The van der Waals surface area contributed by atoms with E-state index in [2.05, 4.69) is 10.6 Å². The van der Waals surface area contributed by atoms with Crippen molar-refractivity contribution in [2.45, 2.75) is 36.7 Å². The molecule has 35 heavy (non-hydrogen) atoms. The molecule has 0 aromatic heterocycles. The van der Waals surface area contributed by atoms with Crippen LogP contribution in [0.15, 0.2) is 65.6 Å². The Labute approximate surface area is 205 Å². The first kappa shape index (κ1) is 26.1. The van der Waals surface area contributed by atoms with Crippen molar-refractivity contribution in [1.29, 1.82) is 0 Å². The fourth-order valence-corrected chi connectivity index (χ4v) is 5.16. The summed E-state index contributed by atoms with van der Waals surface area (Å²) in [5.74, 6) is -1.59. The van der Waals surface area contributed by atoms with Gasteiger partial charge in [-0.05, 0) is 36.6 Å². The van der Waals surface area contributed by atoms with Gasteiger partial charge in [0.2, 0.25) is 16.1 Å². The van der Waals surface area contributed by atoms with Gasteiger partial charge in [0.05, 0.1) is 4.90 Å². The number of ether oxygens (including phenoxy) is 1. The number of hydrogen-bond acceptors (Lipinski definition) is 6. The normalized spacial score (nSPS) is 15.7. The Balaban J connectivity index is 1.68. The van der Waals surface area contributed by atoms with Crippen LogP contribution in [0.1, 0.15) is 42.9 Å². The van der Waals surface area contributed by atoms with E-state index in [-0.39, 0.29) is 4.90 Å². The second kappa shape index (κ2) is 12.3. The zero-order chi connectivity index (χ0) is 25.3. The predicted octanol–water partition coefficient (Wildman–Crippen LogP) is 3.00. The lowest BCUT2D eigenvalue weighted by Gasteiger charge is -2.19. The molecule has 2 aromatic rings. The fraction of sp³-hybridized carbons (Fsp3) is 0.320. The molecule has 0 radical (unpaired) electrons. The molecule has 186 valence electrons. The summed E-state index contributed by atoms with van der Waals surface area (Å²) in [5, 5.41) is 4.38. The molecular formula is C25H29N3O6S. The van der Waals surface area contributed by atoms with Gasteiger partial charge in [-0.3, -0.25) is 10.1 Å². The van der Waals surface area contributed by atoms with Crippen LogP contribution in [-0.4, -0.2) is 50.8 Å². The van der Waals surface area contributed by atoms with Crippen LogP contribution in [0, 0.1) is 0 Å². The standard InChI is InChI=1S/C25H29N3O6S/c1-26-25(31)27-24(30)23(20-9-5-4-6-10-20)34-22(29)16-13-19-11-14-21(15-12-19)35(32,33)28-17-7-2-3-8-18-28/h4-6,9-16,23H,2-3,7-8,17-18H2,1H3,(H2,26,27,30,31)/b16-13+. The van der Waals surface area contributed by atoms with Gasteiger partial charge in [-0.25, -0.2) is 18.0 Å². The first-order valence-electron chi connectivity index (χ1n) is 11.4. The third-order valence-electron chi connectivity index (χ3n) is 5.53. The molecule has 0 aliphatic carbocycles. The first-order valence-corrected chi connectivity index (χ1v) is 12.8. The summed E-state index contributed by atoms with van der Waals surface area (Å²) in [6.07, 6.45) is 5.05. The van der Waals surface area contributed by atoms with Crippen LogP contribution in [0.3, 0.4) is 0 Å². The highest BCUT2D eigenvalue weighted by Crippen LogP contribution is 2.21. The molecule has 1 saturated heterocycles. The van der Waals surface area contributed by atoms with Crippen molar-refractivity contribution in [2.75, 3.05) is 20.1 Å². The highest BCUT2D eigenvalue weighted by atomic mass is 32.2. The number of nitrogens with one attached hydrogen (secondary N) is 2. The monoisotopic (exact) mass is 499 g/mol. The first-order chi connectivity index (χ1) is 16.8. The molecule has 1 unspecified atom stereocenters. The van der Waals surface area contributed by atoms with Crippen LogP contribution < -0.4 is 10.6 Å². The summed E-state index contributed by atoms with van der Waals surface area (Å²) >= 11 is 0. The number of imide groups is 1. The van der Waals surface area contributed by atoms with Gasteiger partial charge in [-0.15, -0.1) is 0 Å². The van der Waals surface area contributed by atoms with E-state index in [4.69, 9.17) is 4.74 Å². The van der Waals surface area contributed by atoms with E-state index >= 15 is 0 Å². The quantitative estimate of drug-likeness (QED) is 0.446. The van der Waals surface area contributed by atoms with E-state index in [0.29, 0.717) is 24.2 Å². The average molecular weight is 500 g/mol. The summed E-state index contributed by atoms with van der Waals surface area (Å²) in [4.78, 5) is 36.6. The molecule has 9 nitrogen and oxygen atoms in total. The summed E-state index contributed by atoms with van der Waals surface area (Å²) in [6.45, 7) is 1.04. The number of benzene rings is 2. The number of esters is 1. The van der Waals surface area contributed by atoms with Crippen molar-refractivity contribution in [1.82, 2.24) is 14.9 Å². The Hall–Kier alpha value is -3.50. The molecule has 1 heterocycles. The minimum Gasteiger partial charge on any atom is -0.444 e. The van der Waals surface area contributed by atoms with Crippen LogP contribution in [-0.2, 0) is 24.3 Å². The number of rotatable bonds is 7. The van der Waals surface area contributed by atoms with Gasteiger partial charge in [0.25, 0.3) is 5.91 Å². The van der Waals surface area contributed by atoms with Gasteiger partial charge in [-0.2, -0.15) is 4.31 Å². The lowest BCUT2D eigenvalue weighted by Crippen LogP contribution is -2.41. The number of sulfonamides is 1. The Morgan fingerprint density at radius 2 is 1.57 bits per heavy atom. The van der Waals surface area contributed by atoms with Crippen molar-refractivity contribution in [3.63, 3.8) is 0 Å². The lowest BCUT2D eigenvalue weighted by molar-refractivity contribution is -0.151. The van der Waals surface area contributed by atoms with Crippen LogP contribution >= 0.6 is 0 Å². The van der Waals surface area contributed by atoms with Crippen LogP contribution in [0.5, 0.6) is 0 Å². The lowest BCUT2D eigenvalue weighted by atomic mass is 10.1. The molecule has 10 heteroatoms. The van der Waals surface area contributed by atoms with E-state index in [1.807, 2.05) is 0 Å². The molecule has 0 bridgehead atoms. The molecule has 3 rings (SSSR count). The number of nitrogens with zero attached hydrogens (tertiary/aromatic N) is 1. The van der Waals surface area contributed by atoms with E-state index < -0.39 is 34.0 Å². The Morgan fingerprint density at radius 1 is 0.943 bits per heavy atom. The summed E-state index contributed by atoms with van der Waals surface area (Å²) < 4.78 is 32.6.